The van der Waals surface area contributed by atoms with Gasteiger partial charge in [0.15, 0.2) is 0 Å². The van der Waals surface area contributed by atoms with Crippen molar-refractivity contribution >= 4 is 33.2 Å². The zero-order valence-corrected chi connectivity index (χ0v) is 18.8. The highest BCUT2D eigenvalue weighted by atomic mass is 35.5. The van der Waals surface area contributed by atoms with Crippen LogP contribution in [0.5, 0.6) is 5.75 Å². The van der Waals surface area contributed by atoms with Crippen LogP contribution in [0.2, 0.25) is 5.02 Å². The Morgan fingerprint density at radius 2 is 1.71 bits per heavy atom. The van der Waals surface area contributed by atoms with Crippen molar-refractivity contribution in [1.82, 2.24) is 4.31 Å². The molecule has 6 nitrogen and oxygen atoms in total. The second kappa shape index (κ2) is 9.96. The molecule has 162 valence electrons. The number of ether oxygens (including phenoxy) is 1. The molecule has 3 rings (SSSR count). The molecule has 0 unspecified atom stereocenters. The van der Waals surface area contributed by atoms with Gasteiger partial charge in [0.2, 0.25) is 15.9 Å². The Kier molecular flexibility index (Phi) is 7.33. The number of benzene rings is 3. The summed E-state index contributed by atoms with van der Waals surface area (Å²) in [5, 5.41) is 3.33. The first kappa shape index (κ1) is 22.8. The van der Waals surface area contributed by atoms with Crippen LogP contribution < -0.4 is 10.1 Å². The Morgan fingerprint density at radius 3 is 2.32 bits per heavy atom. The predicted molar refractivity (Wildman–Crippen MR) is 122 cm³/mol. The van der Waals surface area contributed by atoms with E-state index in [0.29, 0.717) is 16.5 Å². The Labute approximate surface area is 187 Å². The maximum Gasteiger partial charge on any atom is 0.243 e. The molecule has 0 atom stereocenters. The molecule has 8 heteroatoms. The van der Waals surface area contributed by atoms with Crippen LogP contribution in [-0.4, -0.2) is 32.3 Å². The van der Waals surface area contributed by atoms with Crippen LogP contribution in [0, 0.1) is 6.92 Å². The van der Waals surface area contributed by atoms with Gasteiger partial charge in [-0.05, 0) is 60.5 Å². The normalized spacial score (nSPS) is 11.4. The summed E-state index contributed by atoms with van der Waals surface area (Å²) in [6.45, 7) is 1.53. The van der Waals surface area contributed by atoms with Crippen molar-refractivity contribution in [2.75, 3.05) is 19.0 Å². The lowest BCUT2D eigenvalue weighted by Gasteiger charge is -2.22. The summed E-state index contributed by atoms with van der Waals surface area (Å²) in [5.41, 5.74) is 2.14. The van der Waals surface area contributed by atoms with E-state index < -0.39 is 15.9 Å². The fraction of sp³-hybridized carbons (Fsp3) is 0.174. The highest BCUT2D eigenvalue weighted by Crippen LogP contribution is 2.23. The van der Waals surface area contributed by atoms with E-state index in [2.05, 4.69) is 5.32 Å². The number of rotatable bonds is 8. The number of amides is 1. The number of carbonyl (C=O) groups is 1. The van der Waals surface area contributed by atoms with Crippen molar-refractivity contribution < 1.29 is 17.9 Å². The first-order valence-electron chi connectivity index (χ1n) is 9.54. The van der Waals surface area contributed by atoms with Crippen LogP contribution in [-0.2, 0) is 21.4 Å². The number of aryl methyl sites for hydroxylation is 1. The van der Waals surface area contributed by atoms with E-state index in [1.807, 2.05) is 37.3 Å². The Morgan fingerprint density at radius 1 is 1.03 bits per heavy atom. The van der Waals surface area contributed by atoms with Crippen LogP contribution in [0.3, 0.4) is 0 Å². The molecule has 0 aromatic heterocycles. The molecule has 3 aromatic carbocycles. The standard InChI is InChI=1S/C23H23ClN2O4S/c1-17-14-19(24)8-13-22(17)25-23(27)16-26(15-18-6-4-3-5-7-18)31(28,29)21-11-9-20(30-2)10-12-21/h3-14H,15-16H2,1-2H3,(H,25,27). The monoisotopic (exact) mass is 458 g/mol. The largest absolute Gasteiger partial charge is 0.497 e. The van der Waals surface area contributed by atoms with Crippen LogP contribution in [0.1, 0.15) is 11.1 Å². The average Bonchev–Trinajstić information content (AvgIpc) is 2.76. The lowest BCUT2D eigenvalue weighted by atomic mass is 10.2. The minimum atomic E-state index is -3.93. The van der Waals surface area contributed by atoms with E-state index in [1.165, 1.54) is 19.2 Å². The van der Waals surface area contributed by atoms with Gasteiger partial charge >= 0.3 is 0 Å². The van der Waals surface area contributed by atoms with Crippen LogP contribution in [0.15, 0.2) is 77.7 Å². The SMILES string of the molecule is COc1ccc(S(=O)(=O)N(CC(=O)Nc2ccc(Cl)cc2C)Cc2ccccc2)cc1. The molecule has 31 heavy (non-hydrogen) atoms. The predicted octanol–water partition coefficient (Wildman–Crippen LogP) is 4.49. The van der Waals surface area contributed by atoms with E-state index in [9.17, 15) is 13.2 Å². The van der Waals surface area contributed by atoms with Crippen molar-refractivity contribution in [3.63, 3.8) is 0 Å². The molecule has 0 radical (unpaired) electrons. The molecule has 0 spiro atoms. The second-order valence-corrected chi connectivity index (χ2v) is 9.32. The van der Waals surface area contributed by atoms with Gasteiger partial charge < -0.3 is 10.1 Å². The van der Waals surface area contributed by atoms with Crippen LogP contribution in [0.4, 0.5) is 5.69 Å². The van der Waals surface area contributed by atoms with E-state index >= 15 is 0 Å². The summed E-state index contributed by atoms with van der Waals surface area (Å²) in [5.74, 6) is 0.1000. The van der Waals surface area contributed by atoms with Gasteiger partial charge in [0.05, 0.1) is 18.6 Å². The Balaban J connectivity index is 1.87. The molecule has 0 aliphatic heterocycles. The van der Waals surface area contributed by atoms with Gasteiger partial charge in [-0.1, -0.05) is 41.9 Å². The molecule has 0 aliphatic carbocycles. The molecule has 0 saturated carbocycles. The summed E-state index contributed by atoms with van der Waals surface area (Å²) in [7, 11) is -2.42. The Bertz CT molecular complexity index is 1150. The lowest BCUT2D eigenvalue weighted by molar-refractivity contribution is -0.116. The maximum atomic E-state index is 13.3. The van der Waals surface area contributed by atoms with Gasteiger partial charge in [-0.3, -0.25) is 4.79 Å². The van der Waals surface area contributed by atoms with Gasteiger partial charge in [-0.2, -0.15) is 4.31 Å². The van der Waals surface area contributed by atoms with Gasteiger partial charge in [0.25, 0.3) is 0 Å². The van der Waals surface area contributed by atoms with Crippen molar-refractivity contribution in [2.24, 2.45) is 0 Å². The first-order chi connectivity index (χ1) is 14.8. The summed E-state index contributed by atoms with van der Waals surface area (Å²) in [4.78, 5) is 12.8. The minimum Gasteiger partial charge on any atom is -0.497 e. The zero-order chi connectivity index (χ0) is 22.4. The number of anilines is 1. The third-order valence-electron chi connectivity index (χ3n) is 4.68. The number of halogens is 1. The summed E-state index contributed by atoms with van der Waals surface area (Å²) in [6, 6.07) is 20.3. The zero-order valence-electron chi connectivity index (χ0n) is 17.2. The van der Waals surface area contributed by atoms with Crippen molar-refractivity contribution in [2.45, 2.75) is 18.4 Å². The van der Waals surface area contributed by atoms with Crippen molar-refractivity contribution in [3.8, 4) is 5.75 Å². The lowest BCUT2D eigenvalue weighted by Crippen LogP contribution is -2.37. The van der Waals surface area contributed by atoms with Gasteiger partial charge in [-0.15, -0.1) is 0 Å². The number of nitrogens with zero attached hydrogens (tertiary/aromatic N) is 1. The number of nitrogens with one attached hydrogen (secondary N) is 1. The third-order valence-corrected chi connectivity index (χ3v) is 6.72. The number of hydrogen-bond acceptors (Lipinski definition) is 4. The van der Waals surface area contributed by atoms with E-state index in [4.69, 9.17) is 16.3 Å². The second-order valence-electron chi connectivity index (χ2n) is 6.94. The summed E-state index contributed by atoms with van der Waals surface area (Å²) in [6.07, 6.45) is 0. The fourth-order valence-corrected chi connectivity index (χ4v) is 4.64. The molecule has 0 bridgehead atoms. The molecule has 1 N–H and O–H groups in total. The summed E-state index contributed by atoms with van der Waals surface area (Å²) < 4.78 is 32.9. The van der Waals surface area contributed by atoms with Gasteiger partial charge in [0, 0.05) is 17.3 Å². The van der Waals surface area contributed by atoms with Gasteiger partial charge in [-0.25, -0.2) is 8.42 Å². The molecule has 0 aliphatic rings. The number of carbonyl (C=O) groups excluding carboxylic acids is 1. The van der Waals surface area contributed by atoms with Crippen molar-refractivity contribution in [1.29, 1.82) is 0 Å². The number of sulfonamides is 1. The number of methoxy groups -OCH3 is 1. The van der Waals surface area contributed by atoms with E-state index in [0.717, 1.165) is 15.4 Å². The maximum absolute atomic E-state index is 13.3. The van der Waals surface area contributed by atoms with Crippen LogP contribution in [0.25, 0.3) is 0 Å². The highest BCUT2D eigenvalue weighted by molar-refractivity contribution is 7.89. The topological polar surface area (TPSA) is 75.7 Å². The molecule has 0 saturated heterocycles. The van der Waals surface area contributed by atoms with Crippen LogP contribution >= 0.6 is 11.6 Å². The minimum absolute atomic E-state index is 0.0578. The molecule has 1 amide bonds. The number of hydrogen-bond donors (Lipinski definition) is 1. The third kappa shape index (κ3) is 5.85. The van der Waals surface area contributed by atoms with E-state index in [-0.39, 0.29) is 18.0 Å². The smallest absolute Gasteiger partial charge is 0.243 e. The molecule has 3 aromatic rings. The molecule has 0 heterocycles. The van der Waals surface area contributed by atoms with Crippen molar-refractivity contribution in [3.05, 3.63) is 88.9 Å². The first-order valence-corrected chi connectivity index (χ1v) is 11.4. The summed E-state index contributed by atoms with van der Waals surface area (Å²) >= 11 is 5.97. The molecule has 0 fully saturated rings. The quantitative estimate of drug-likeness (QED) is 0.539. The molecular weight excluding hydrogens is 436 g/mol. The Hall–Kier alpha value is -2.87. The van der Waals surface area contributed by atoms with Gasteiger partial charge in [0.1, 0.15) is 5.75 Å². The molecular formula is C23H23ClN2O4S. The highest BCUT2D eigenvalue weighted by Gasteiger charge is 2.27. The fourth-order valence-electron chi connectivity index (χ4n) is 3.03. The average molecular weight is 459 g/mol. The van der Waals surface area contributed by atoms with E-state index in [1.54, 1.807) is 30.3 Å².